The molecule has 1 N–H and O–H groups in total. The second-order valence-electron chi connectivity index (χ2n) is 6.18. The van der Waals surface area contributed by atoms with E-state index >= 15 is 0 Å². The van der Waals surface area contributed by atoms with Gasteiger partial charge in [0.15, 0.2) is 11.5 Å². The average Bonchev–Trinajstić information content (AvgIpc) is 3.21. The fraction of sp³-hybridized carbons (Fsp3) is 0.350. The summed E-state index contributed by atoms with van der Waals surface area (Å²) in [5.74, 6) is 0.865. The van der Waals surface area contributed by atoms with Gasteiger partial charge in [0.2, 0.25) is 5.90 Å². The molecule has 2 aromatic carbocycles. The minimum atomic E-state index is -4.03. The third-order valence-corrected chi connectivity index (χ3v) is 5.51. The number of nitrogens with one attached hydrogen (secondary N) is 1. The van der Waals surface area contributed by atoms with Gasteiger partial charge in [-0.15, -0.1) is 0 Å². The first kappa shape index (κ1) is 24.1. The van der Waals surface area contributed by atoms with Crippen LogP contribution in [-0.2, 0) is 14.8 Å². The largest absolute Gasteiger partial charge is 0.493 e. The van der Waals surface area contributed by atoms with E-state index in [0.29, 0.717) is 30.4 Å². The second kappa shape index (κ2) is 10.7. The summed E-state index contributed by atoms with van der Waals surface area (Å²) in [5.41, 5.74) is 0.579. The van der Waals surface area contributed by atoms with Crippen molar-refractivity contribution in [2.45, 2.75) is 25.2 Å². The Morgan fingerprint density at radius 3 is 2.23 bits per heavy atom. The summed E-state index contributed by atoms with van der Waals surface area (Å²) in [6.45, 7) is 5.15. The smallest absolute Gasteiger partial charge is 0.262 e. The van der Waals surface area contributed by atoms with Crippen molar-refractivity contribution in [3.8, 4) is 11.5 Å². The topological polar surface area (TPSA) is 86.2 Å². The summed E-state index contributed by atoms with van der Waals surface area (Å²) in [5, 5.41) is 0.397. The molecule has 0 fully saturated rings. The van der Waals surface area contributed by atoms with E-state index in [9.17, 15) is 8.42 Å². The van der Waals surface area contributed by atoms with Crippen molar-refractivity contribution in [2.24, 2.45) is 4.99 Å². The summed E-state index contributed by atoms with van der Waals surface area (Å²) in [6.07, 6.45) is 1.25. The second-order valence-corrected chi connectivity index (χ2v) is 8.73. The van der Waals surface area contributed by atoms with E-state index in [1.54, 1.807) is 12.1 Å². The summed E-state index contributed by atoms with van der Waals surface area (Å²) in [6, 6.07) is 7.33. The first-order chi connectivity index (χ1) is 14.3. The lowest BCUT2D eigenvalue weighted by molar-refractivity contribution is 0.346. The van der Waals surface area contributed by atoms with Crippen LogP contribution in [0.2, 0.25) is 10.0 Å². The summed E-state index contributed by atoms with van der Waals surface area (Å²) >= 11 is 11.9. The summed E-state index contributed by atoms with van der Waals surface area (Å²) in [7, 11) is -1.17. The average molecular weight is 475 g/mol. The first-order valence-electron chi connectivity index (χ1n) is 9.18. The number of benzene rings is 2. The lowest BCUT2D eigenvalue weighted by atomic mass is 10.1. The number of anilines is 1. The number of nitrogens with zero attached hydrogens (tertiary/aromatic N) is 1. The van der Waals surface area contributed by atoms with Gasteiger partial charge >= 0.3 is 0 Å². The molecule has 10 heteroatoms. The van der Waals surface area contributed by atoms with Gasteiger partial charge in [-0.05, 0) is 30.3 Å². The van der Waals surface area contributed by atoms with Crippen LogP contribution in [0.5, 0.6) is 11.5 Å². The molecule has 0 aliphatic carbocycles. The Kier molecular flexibility index (Phi) is 8.64. The monoisotopic (exact) mass is 474 g/mol. The maximum absolute atomic E-state index is 12.9. The molecule has 1 heterocycles. The first-order valence-corrected chi connectivity index (χ1v) is 11.4. The van der Waals surface area contributed by atoms with Crippen LogP contribution in [0.1, 0.15) is 25.8 Å². The molecule has 164 valence electrons. The molecule has 1 aliphatic heterocycles. The number of hydrogen-bond acceptors (Lipinski definition) is 6. The van der Waals surface area contributed by atoms with Crippen LogP contribution in [0.3, 0.4) is 0 Å². The highest BCUT2D eigenvalue weighted by atomic mass is 35.5. The van der Waals surface area contributed by atoms with Gasteiger partial charge in [-0.25, -0.2) is 13.4 Å². The van der Waals surface area contributed by atoms with Crippen LogP contribution in [0.15, 0.2) is 40.2 Å². The normalized spacial score (nSPS) is 12.9. The quantitative estimate of drug-likeness (QED) is 0.635. The van der Waals surface area contributed by atoms with Gasteiger partial charge in [0, 0.05) is 10.0 Å². The molecule has 0 saturated carbocycles. The van der Waals surface area contributed by atoms with Crippen LogP contribution < -0.4 is 14.2 Å². The van der Waals surface area contributed by atoms with E-state index in [1.165, 1.54) is 38.8 Å². The Morgan fingerprint density at radius 1 is 1.10 bits per heavy atom. The molecule has 7 nitrogen and oxygen atoms in total. The Bertz CT molecular complexity index is 1010. The molecule has 0 atom stereocenters. The van der Waals surface area contributed by atoms with E-state index in [0.717, 1.165) is 0 Å². The maximum Gasteiger partial charge on any atom is 0.262 e. The number of rotatable bonds is 6. The third kappa shape index (κ3) is 5.71. The van der Waals surface area contributed by atoms with Crippen LogP contribution in [-0.4, -0.2) is 41.7 Å². The zero-order chi connectivity index (χ0) is 22.3. The van der Waals surface area contributed by atoms with Gasteiger partial charge in [-0.1, -0.05) is 43.5 Å². The highest BCUT2D eigenvalue weighted by Gasteiger charge is 2.26. The summed E-state index contributed by atoms with van der Waals surface area (Å²) < 4.78 is 44.5. The fourth-order valence-electron chi connectivity index (χ4n) is 2.58. The molecular formula is C20H24Cl2N2O5S. The Morgan fingerprint density at radius 2 is 1.73 bits per heavy atom. The molecular weight excluding hydrogens is 451 g/mol. The van der Waals surface area contributed by atoms with Crippen molar-refractivity contribution < 1.29 is 22.6 Å². The van der Waals surface area contributed by atoms with Crippen LogP contribution in [0, 0.1) is 0 Å². The fourth-order valence-corrected chi connectivity index (χ4v) is 4.39. The predicted octanol–water partition coefficient (Wildman–Crippen LogP) is 5.00. The Balaban J connectivity index is 0.00000101. The Labute approximate surface area is 187 Å². The van der Waals surface area contributed by atoms with Crippen molar-refractivity contribution in [3.63, 3.8) is 0 Å². The molecule has 0 amide bonds. The molecule has 30 heavy (non-hydrogen) atoms. The summed E-state index contributed by atoms with van der Waals surface area (Å²) in [4.78, 5) is 4.16. The molecule has 0 bridgehead atoms. The van der Waals surface area contributed by atoms with E-state index < -0.39 is 10.0 Å². The van der Waals surface area contributed by atoms with Crippen molar-refractivity contribution in [2.75, 3.05) is 32.1 Å². The molecule has 0 spiro atoms. The molecule has 3 rings (SSSR count). The van der Waals surface area contributed by atoms with Crippen molar-refractivity contribution in [1.82, 2.24) is 0 Å². The maximum atomic E-state index is 12.9. The third-order valence-electron chi connectivity index (χ3n) is 3.74. The lowest BCUT2D eigenvalue weighted by Gasteiger charge is -2.18. The minimum Gasteiger partial charge on any atom is -0.493 e. The van der Waals surface area contributed by atoms with Gasteiger partial charge in [0.1, 0.15) is 12.3 Å². The highest BCUT2D eigenvalue weighted by Crippen LogP contribution is 2.40. The standard InChI is InChI=1S/C17H16Cl2N2O5S.C3H8/c1-24-14-4-3-13(17-20-5-6-26-17)15(16(14)25-2)21-27(22,23)12-8-10(18)7-11(19)9-12;1-3-2/h3-4,7-9,21H,5-6H2,1-2H3;3H2,1-2H3. The van der Waals surface area contributed by atoms with E-state index in [1.807, 2.05) is 0 Å². The molecule has 0 aromatic heterocycles. The molecule has 0 saturated heterocycles. The molecule has 0 radical (unpaired) electrons. The van der Waals surface area contributed by atoms with Gasteiger partial charge in [-0.2, -0.15) is 0 Å². The minimum absolute atomic E-state index is 0.0925. The van der Waals surface area contributed by atoms with Gasteiger partial charge in [0.25, 0.3) is 10.0 Å². The number of methoxy groups -OCH3 is 2. The van der Waals surface area contributed by atoms with E-state index in [4.69, 9.17) is 37.4 Å². The van der Waals surface area contributed by atoms with Crippen LogP contribution in [0.25, 0.3) is 0 Å². The zero-order valence-electron chi connectivity index (χ0n) is 17.2. The van der Waals surface area contributed by atoms with Crippen molar-refractivity contribution in [3.05, 3.63) is 45.9 Å². The number of sulfonamides is 1. The van der Waals surface area contributed by atoms with Gasteiger partial charge in [-0.3, -0.25) is 4.72 Å². The molecule has 1 aliphatic rings. The van der Waals surface area contributed by atoms with E-state index in [2.05, 4.69) is 23.6 Å². The number of ether oxygens (including phenoxy) is 3. The Hall–Kier alpha value is -2.16. The van der Waals surface area contributed by atoms with Crippen LogP contribution in [0.4, 0.5) is 5.69 Å². The van der Waals surface area contributed by atoms with Crippen molar-refractivity contribution >= 4 is 44.8 Å². The van der Waals surface area contributed by atoms with Crippen molar-refractivity contribution in [1.29, 1.82) is 0 Å². The molecule has 2 aromatic rings. The zero-order valence-corrected chi connectivity index (χ0v) is 19.5. The predicted molar refractivity (Wildman–Crippen MR) is 120 cm³/mol. The van der Waals surface area contributed by atoms with E-state index in [-0.39, 0.29) is 26.4 Å². The molecule has 0 unspecified atom stereocenters. The lowest BCUT2D eigenvalue weighted by Crippen LogP contribution is -2.17. The SMILES string of the molecule is CCC.COc1ccc(C2=NCCO2)c(NS(=O)(=O)c2cc(Cl)cc(Cl)c2)c1OC. The number of hydrogen-bond donors (Lipinski definition) is 1. The highest BCUT2D eigenvalue weighted by molar-refractivity contribution is 7.92. The van der Waals surface area contributed by atoms with Gasteiger partial charge < -0.3 is 14.2 Å². The van der Waals surface area contributed by atoms with Gasteiger partial charge in [0.05, 0.1) is 31.2 Å². The number of aliphatic imine (C=N–C) groups is 1. The number of halogens is 2. The van der Waals surface area contributed by atoms with Crippen LogP contribution >= 0.6 is 23.2 Å².